The van der Waals surface area contributed by atoms with Gasteiger partial charge < -0.3 is 13.7 Å². The van der Waals surface area contributed by atoms with Crippen LogP contribution in [0.5, 0.6) is 5.88 Å². The molecule has 3 aromatic heterocycles. The molecule has 0 aliphatic heterocycles. The summed E-state index contributed by atoms with van der Waals surface area (Å²) in [6.07, 6.45) is 6.52. The van der Waals surface area contributed by atoms with Crippen LogP contribution in [0.4, 0.5) is 0 Å². The number of pyridine rings is 1. The average Bonchev–Trinajstić information content (AvgIpc) is 3.47. The zero-order chi connectivity index (χ0) is 23.3. The van der Waals surface area contributed by atoms with Crippen LogP contribution >= 0.6 is 0 Å². The second-order valence-electron chi connectivity index (χ2n) is 7.96. The summed E-state index contributed by atoms with van der Waals surface area (Å²) in [4.78, 5) is 20.5. The first-order valence-corrected chi connectivity index (χ1v) is 11.0. The van der Waals surface area contributed by atoms with Crippen molar-refractivity contribution < 1.29 is 13.9 Å². The molecule has 0 bridgehead atoms. The van der Waals surface area contributed by atoms with Crippen molar-refractivity contribution in [3.63, 3.8) is 0 Å². The van der Waals surface area contributed by atoms with E-state index in [4.69, 9.17) is 9.15 Å². The van der Waals surface area contributed by atoms with Gasteiger partial charge in [-0.3, -0.25) is 4.79 Å². The largest absolute Gasteiger partial charge is 0.471 e. The van der Waals surface area contributed by atoms with Gasteiger partial charge in [0.15, 0.2) is 6.29 Å². The van der Waals surface area contributed by atoms with Crippen molar-refractivity contribution in [2.75, 3.05) is 0 Å². The van der Waals surface area contributed by atoms with Crippen LogP contribution in [-0.4, -0.2) is 20.8 Å². The summed E-state index contributed by atoms with van der Waals surface area (Å²) < 4.78 is 13.6. The number of benzene rings is 2. The summed E-state index contributed by atoms with van der Waals surface area (Å²) in [7, 11) is 0. The van der Waals surface area contributed by atoms with E-state index < -0.39 is 0 Å². The standard InChI is InChI=1S/C28H23N3O3/c1-20-26(30-28(34-20)23-10-6-3-7-11-23)19-33-27-13-12-21(14-29-27)15-31-16-24(18-32)25(17-31)22-8-4-2-5-9-22/h2-14,16-18H,15,19H2,1H3. The number of ether oxygens (including phenoxy) is 1. The van der Waals surface area contributed by atoms with E-state index >= 15 is 0 Å². The summed E-state index contributed by atoms with van der Waals surface area (Å²) in [6.45, 7) is 2.75. The molecule has 5 aromatic rings. The molecule has 0 amide bonds. The second kappa shape index (κ2) is 9.58. The minimum atomic E-state index is 0.273. The first kappa shape index (κ1) is 21.4. The number of aromatic nitrogens is 3. The molecule has 0 fully saturated rings. The van der Waals surface area contributed by atoms with Gasteiger partial charge in [0, 0.05) is 47.9 Å². The molecule has 6 heteroatoms. The third-order valence-electron chi connectivity index (χ3n) is 5.56. The number of nitrogens with zero attached hydrogens (tertiary/aromatic N) is 3. The second-order valence-corrected chi connectivity index (χ2v) is 7.96. The Kier molecular flexibility index (Phi) is 6.03. The molecular weight excluding hydrogens is 426 g/mol. The Labute approximate surface area is 197 Å². The van der Waals surface area contributed by atoms with Crippen molar-refractivity contribution in [3.8, 4) is 28.5 Å². The highest BCUT2D eigenvalue weighted by atomic mass is 16.5. The molecular formula is C28H23N3O3. The van der Waals surface area contributed by atoms with Crippen LogP contribution in [0, 0.1) is 6.92 Å². The van der Waals surface area contributed by atoms with Gasteiger partial charge in [-0.1, -0.05) is 54.6 Å². The van der Waals surface area contributed by atoms with Crippen molar-refractivity contribution in [3.05, 3.63) is 114 Å². The topological polar surface area (TPSA) is 70.2 Å². The lowest BCUT2D eigenvalue weighted by atomic mass is 10.1. The summed E-state index contributed by atoms with van der Waals surface area (Å²) >= 11 is 0. The first-order valence-electron chi connectivity index (χ1n) is 11.0. The van der Waals surface area contributed by atoms with E-state index in [-0.39, 0.29) is 6.61 Å². The number of hydrogen-bond acceptors (Lipinski definition) is 5. The molecule has 34 heavy (non-hydrogen) atoms. The lowest BCUT2D eigenvalue weighted by Crippen LogP contribution is -2.01. The molecule has 3 heterocycles. The van der Waals surface area contributed by atoms with E-state index in [0.29, 0.717) is 23.9 Å². The zero-order valence-electron chi connectivity index (χ0n) is 18.7. The Balaban J connectivity index is 1.24. The molecule has 0 spiro atoms. The number of rotatable bonds is 8. The van der Waals surface area contributed by atoms with Gasteiger partial charge in [0.25, 0.3) is 0 Å². The average molecular weight is 450 g/mol. The third-order valence-corrected chi connectivity index (χ3v) is 5.56. The van der Waals surface area contributed by atoms with Gasteiger partial charge in [-0.15, -0.1) is 0 Å². The fourth-order valence-electron chi connectivity index (χ4n) is 3.78. The first-order chi connectivity index (χ1) is 16.7. The Morgan fingerprint density at radius 1 is 0.941 bits per heavy atom. The maximum Gasteiger partial charge on any atom is 0.226 e. The van der Waals surface area contributed by atoms with Crippen molar-refractivity contribution in [1.82, 2.24) is 14.5 Å². The minimum Gasteiger partial charge on any atom is -0.471 e. The number of aldehydes is 1. The Bertz CT molecular complexity index is 1390. The van der Waals surface area contributed by atoms with Crippen LogP contribution in [0.25, 0.3) is 22.6 Å². The van der Waals surface area contributed by atoms with Gasteiger partial charge in [-0.2, -0.15) is 0 Å². The van der Waals surface area contributed by atoms with Crippen molar-refractivity contribution in [1.29, 1.82) is 0 Å². The van der Waals surface area contributed by atoms with E-state index in [2.05, 4.69) is 9.97 Å². The number of carbonyl (C=O) groups is 1. The normalized spacial score (nSPS) is 10.9. The van der Waals surface area contributed by atoms with E-state index in [1.165, 1.54) is 0 Å². The number of carbonyl (C=O) groups excluding carboxylic acids is 1. The molecule has 5 rings (SSSR count). The van der Waals surface area contributed by atoms with Crippen molar-refractivity contribution >= 4 is 6.29 Å². The maximum absolute atomic E-state index is 11.6. The number of oxazole rings is 1. The highest BCUT2D eigenvalue weighted by Gasteiger charge is 2.12. The van der Waals surface area contributed by atoms with Gasteiger partial charge in [0.2, 0.25) is 11.8 Å². The van der Waals surface area contributed by atoms with E-state index in [9.17, 15) is 4.79 Å². The molecule has 6 nitrogen and oxygen atoms in total. The van der Waals surface area contributed by atoms with Crippen LogP contribution in [0.15, 0.2) is 95.8 Å². The van der Waals surface area contributed by atoms with Gasteiger partial charge in [0.05, 0.1) is 0 Å². The number of hydrogen-bond donors (Lipinski definition) is 0. The summed E-state index contributed by atoms with van der Waals surface area (Å²) in [5.41, 5.74) is 5.27. The van der Waals surface area contributed by atoms with Gasteiger partial charge in [-0.25, -0.2) is 9.97 Å². The highest BCUT2D eigenvalue weighted by Crippen LogP contribution is 2.25. The van der Waals surface area contributed by atoms with Crippen LogP contribution in [0.1, 0.15) is 27.4 Å². The predicted molar refractivity (Wildman–Crippen MR) is 130 cm³/mol. The quantitative estimate of drug-likeness (QED) is 0.274. The lowest BCUT2D eigenvalue weighted by Gasteiger charge is -2.06. The highest BCUT2D eigenvalue weighted by molar-refractivity contribution is 5.87. The summed E-state index contributed by atoms with van der Waals surface area (Å²) in [6, 6.07) is 23.5. The molecule has 0 atom stereocenters. The van der Waals surface area contributed by atoms with E-state index in [0.717, 1.165) is 40.0 Å². The fourth-order valence-corrected chi connectivity index (χ4v) is 3.78. The fraction of sp³-hybridized carbons (Fsp3) is 0.107. The monoisotopic (exact) mass is 449 g/mol. The van der Waals surface area contributed by atoms with Crippen LogP contribution in [0.2, 0.25) is 0 Å². The maximum atomic E-state index is 11.6. The zero-order valence-corrected chi connectivity index (χ0v) is 18.7. The molecule has 168 valence electrons. The van der Waals surface area contributed by atoms with Gasteiger partial charge >= 0.3 is 0 Å². The minimum absolute atomic E-state index is 0.273. The molecule has 0 N–H and O–H groups in total. The van der Waals surface area contributed by atoms with Crippen LogP contribution in [-0.2, 0) is 13.2 Å². The Hall–Kier alpha value is -4.45. The Morgan fingerprint density at radius 2 is 1.68 bits per heavy atom. The van der Waals surface area contributed by atoms with Gasteiger partial charge in [-0.05, 0) is 30.2 Å². The SMILES string of the molecule is Cc1oc(-c2ccccc2)nc1COc1ccc(Cn2cc(C=O)c(-c3ccccc3)c2)cn1. The van der Waals surface area contributed by atoms with Crippen molar-refractivity contribution in [2.45, 2.75) is 20.1 Å². The van der Waals surface area contributed by atoms with E-state index in [1.807, 2.05) is 96.7 Å². The van der Waals surface area contributed by atoms with Crippen LogP contribution in [0.3, 0.4) is 0 Å². The summed E-state index contributed by atoms with van der Waals surface area (Å²) in [5, 5.41) is 0. The van der Waals surface area contributed by atoms with Crippen molar-refractivity contribution in [2.24, 2.45) is 0 Å². The molecule has 0 saturated carbocycles. The molecule has 0 unspecified atom stereocenters. The molecule has 2 aromatic carbocycles. The predicted octanol–water partition coefficient (Wildman–Crippen LogP) is 5.95. The molecule has 0 radical (unpaired) electrons. The lowest BCUT2D eigenvalue weighted by molar-refractivity contribution is 0.112. The van der Waals surface area contributed by atoms with Gasteiger partial charge in [0.1, 0.15) is 18.1 Å². The van der Waals surface area contributed by atoms with E-state index in [1.54, 1.807) is 6.20 Å². The summed E-state index contributed by atoms with van der Waals surface area (Å²) in [5.74, 6) is 1.82. The smallest absolute Gasteiger partial charge is 0.226 e. The Morgan fingerprint density at radius 3 is 2.35 bits per heavy atom. The number of aryl methyl sites for hydroxylation is 1. The molecule has 0 aliphatic carbocycles. The molecule has 0 aliphatic rings. The third kappa shape index (κ3) is 4.66. The van der Waals surface area contributed by atoms with Crippen LogP contribution < -0.4 is 4.74 Å². The molecule has 0 saturated heterocycles.